The first-order valence-electron chi connectivity index (χ1n) is 6.66. The number of hydrogen-bond acceptors (Lipinski definition) is 3. The molecule has 0 heterocycles. The fraction of sp³-hybridized carbons (Fsp3) is 0.500. The Kier molecular flexibility index (Phi) is 6.01. The van der Waals surface area contributed by atoms with Crippen molar-refractivity contribution in [3.63, 3.8) is 0 Å². The Labute approximate surface area is 120 Å². The molecule has 0 spiro atoms. The zero-order valence-electron chi connectivity index (χ0n) is 11.8. The Morgan fingerprint density at radius 1 is 1.30 bits per heavy atom. The summed E-state index contributed by atoms with van der Waals surface area (Å²) in [6.45, 7) is 3.38. The van der Waals surface area contributed by atoms with Crippen LogP contribution in [0.4, 0.5) is 5.69 Å². The van der Waals surface area contributed by atoms with Gasteiger partial charge in [-0.25, -0.2) is 8.42 Å². The summed E-state index contributed by atoms with van der Waals surface area (Å²) in [6, 6.07) is 8.63. The van der Waals surface area contributed by atoms with E-state index in [1.165, 1.54) is 11.2 Å². The smallest absolute Gasteiger partial charge is 0.308 e. The van der Waals surface area contributed by atoms with Gasteiger partial charge >= 0.3 is 5.97 Å². The molecule has 0 amide bonds. The van der Waals surface area contributed by atoms with Gasteiger partial charge in [-0.15, -0.1) is 0 Å². The Morgan fingerprint density at radius 2 is 1.90 bits per heavy atom. The lowest BCUT2D eigenvalue weighted by atomic mass is 10.2. The first-order chi connectivity index (χ1) is 9.38. The van der Waals surface area contributed by atoms with Crippen LogP contribution in [0.3, 0.4) is 0 Å². The highest BCUT2D eigenvalue weighted by atomic mass is 32.2. The summed E-state index contributed by atoms with van der Waals surface area (Å²) in [5.41, 5.74) is 0.511. The van der Waals surface area contributed by atoms with Crippen LogP contribution in [0.2, 0.25) is 0 Å². The summed E-state index contributed by atoms with van der Waals surface area (Å²) in [7, 11) is -3.50. The highest BCUT2D eigenvalue weighted by Crippen LogP contribution is 2.20. The number of carbonyl (C=O) groups is 1. The molecule has 1 unspecified atom stereocenters. The number of aliphatic carboxylic acids is 1. The summed E-state index contributed by atoms with van der Waals surface area (Å²) in [5, 5.41) is 9.00. The number of carboxylic acids is 1. The number of sulfonamides is 1. The van der Waals surface area contributed by atoms with Crippen molar-refractivity contribution in [1.29, 1.82) is 0 Å². The van der Waals surface area contributed by atoms with Crippen LogP contribution in [0, 0.1) is 5.92 Å². The number of anilines is 1. The number of benzene rings is 1. The molecule has 1 aromatic carbocycles. The van der Waals surface area contributed by atoms with E-state index in [0.29, 0.717) is 12.1 Å². The highest BCUT2D eigenvalue weighted by Gasteiger charge is 2.26. The van der Waals surface area contributed by atoms with Gasteiger partial charge in [0.05, 0.1) is 17.4 Å². The lowest BCUT2D eigenvalue weighted by Gasteiger charge is -2.26. The van der Waals surface area contributed by atoms with Crippen LogP contribution in [-0.4, -0.2) is 31.8 Å². The Bertz CT molecular complexity index is 527. The average Bonchev–Trinajstić information content (AvgIpc) is 2.43. The number of rotatable bonds is 8. The Hall–Kier alpha value is -1.56. The van der Waals surface area contributed by atoms with E-state index in [0.717, 1.165) is 6.42 Å². The van der Waals surface area contributed by atoms with Gasteiger partial charge in [-0.2, -0.15) is 0 Å². The molecule has 112 valence electrons. The molecule has 0 saturated heterocycles. The Balaban J connectivity index is 3.05. The van der Waals surface area contributed by atoms with Crippen molar-refractivity contribution in [3.8, 4) is 0 Å². The molecule has 1 aromatic rings. The topological polar surface area (TPSA) is 74.7 Å². The molecule has 20 heavy (non-hydrogen) atoms. The molecular weight excluding hydrogens is 278 g/mol. The van der Waals surface area contributed by atoms with E-state index in [9.17, 15) is 13.2 Å². The van der Waals surface area contributed by atoms with Crippen LogP contribution < -0.4 is 4.31 Å². The molecule has 0 aromatic heterocycles. The summed E-state index contributed by atoms with van der Waals surface area (Å²) in [6.07, 6.45) is 1.34. The molecule has 5 nitrogen and oxygen atoms in total. The van der Waals surface area contributed by atoms with E-state index in [1.54, 1.807) is 30.3 Å². The van der Waals surface area contributed by atoms with Crippen LogP contribution in [0.5, 0.6) is 0 Å². The standard InChI is InChI=1S/C14H21NO4S/c1-3-4-10-20(18,19)15(11-12(2)14(16)17)13-8-6-5-7-9-13/h5-9,12H,3-4,10-11H2,1-2H3,(H,16,17). The fourth-order valence-electron chi connectivity index (χ4n) is 1.74. The molecule has 0 bridgehead atoms. The first kappa shape index (κ1) is 16.5. The van der Waals surface area contributed by atoms with E-state index in [-0.39, 0.29) is 12.3 Å². The molecule has 1 rings (SSSR count). The summed E-state index contributed by atoms with van der Waals surface area (Å²) in [4.78, 5) is 11.0. The van der Waals surface area contributed by atoms with Crippen molar-refractivity contribution in [2.45, 2.75) is 26.7 Å². The number of para-hydroxylation sites is 1. The predicted molar refractivity (Wildman–Crippen MR) is 79.3 cm³/mol. The van der Waals surface area contributed by atoms with Crippen molar-refractivity contribution in [1.82, 2.24) is 0 Å². The zero-order chi connectivity index (χ0) is 15.2. The first-order valence-corrected chi connectivity index (χ1v) is 8.27. The van der Waals surface area contributed by atoms with Gasteiger partial charge in [-0.3, -0.25) is 9.10 Å². The maximum absolute atomic E-state index is 12.4. The third-order valence-electron chi connectivity index (χ3n) is 3.00. The van der Waals surface area contributed by atoms with E-state index in [4.69, 9.17) is 5.11 Å². The second-order valence-electron chi connectivity index (χ2n) is 4.78. The predicted octanol–water partition coefficient (Wildman–Crippen LogP) is 2.34. The van der Waals surface area contributed by atoms with Crippen LogP contribution >= 0.6 is 0 Å². The van der Waals surface area contributed by atoms with Gasteiger partial charge in [0.25, 0.3) is 0 Å². The quantitative estimate of drug-likeness (QED) is 0.799. The maximum Gasteiger partial charge on any atom is 0.308 e. The molecule has 0 aliphatic heterocycles. The molecule has 0 aliphatic rings. The van der Waals surface area contributed by atoms with Crippen molar-refractivity contribution in [2.24, 2.45) is 5.92 Å². The van der Waals surface area contributed by atoms with Crippen LogP contribution in [0.25, 0.3) is 0 Å². The van der Waals surface area contributed by atoms with Crippen molar-refractivity contribution in [3.05, 3.63) is 30.3 Å². The van der Waals surface area contributed by atoms with Crippen molar-refractivity contribution < 1.29 is 18.3 Å². The maximum atomic E-state index is 12.4. The van der Waals surface area contributed by atoms with E-state index in [2.05, 4.69) is 0 Å². The van der Waals surface area contributed by atoms with E-state index < -0.39 is 21.9 Å². The average molecular weight is 299 g/mol. The minimum atomic E-state index is -3.50. The van der Waals surface area contributed by atoms with Gasteiger partial charge in [-0.1, -0.05) is 38.5 Å². The molecule has 0 saturated carbocycles. The second kappa shape index (κ2) is 7.28. The zero-order valence-corrected chi connectivity index (χ0v) is 12.6. The van der Waals surface area contributed by atoms with Crippen molar-refractivity contribution >= 4 is 21.7 Å². The number of nitrogens with zero attached hydrogens (tertiary/aromatic N) is 1. The summed E-state index contributed by atoms with van der Waals surface area (Å²) in [5.74, 6) is -1.73. The minimum Gasteiger partial charge on any atom is -0.481 e. The number of unbranched alkanes of at least 4 members (excludes halogenated alkanes) is 1. The highest BCUT2D eigenvalue weighted by molar-refractivity contribution is 7.92. The minimum absolute atomic E-state index is 0.0325. The second-order valence-corrected chi connectivity index (χ2v) is 6.79. The lowest BCUT2D eigenvalue weighted by molar-refractivity contribution is -0.140. The molecule has 0 fully saturated rings. The molecule has 0 radical (unpaired) electrons. The summed E-state index contributed by atoms with van der Waals surface area (Å²) < 4.78 is 26.0. The molecular formula is C14H21NO4S. The van der Waals surface area contributed by atoms with Gasteiger partial charge in [-0.05, 0) is 18.6 Å². The fourth-order valence-corrected chi connectivity index (χ4v) is 3.51. The third-order valence-corrected chi connectivity index (χ3v) is 4.83. The van der Waals surface area contributed by atoms with Gasteiger partial charge in [0.2, 0.25) is 10.0 Å². The number of carboxylic acid groups (broad SMARTS) is 1. The van der Waals surface area contributed by atoms with Gasteiger partial charge < -0.3 is 5.11 Å². The van der Waals surface area contributed by atoms with Crippen molar-refractivity contribution in [2.75, 3.05) is 16.6 Å². The normalized spacial score (nSPS) is 12.9. The van der Waals surface area contributed by atoms with Crippen LogP contribution in [0.15, 0.2) is 30.3 Å². The molecule has 6 heteroatoms. The molecule has 1 atom stereocenters. The van der Waals surface area contributed by atoms with Crippen LogP contribution in [0.1, 0.15) is 26.7 Å². The number of hydrogen-bond donors (Lipinski definition) is 1. The molecule has 0 aliphatic carbocycles. The summed E-state index contributed by atoms with van der Waals surface area (Å²) >= 11 is 0. The third kappa shape index (κ3) is 4.52. The van der Waals surface area contributed by atoms with E-state index >= 15 is 0 Å². The van der Waals surface area contributed by atoms with Gasteiger partial charge in [0.15, 0.2) is 0 Å². The SMILES string of the molecule is CCCCS(=O)(=O)N(CC(C)C(=O)O)c1ccccc1. The van der Waals surface area contributed by atoms with E-state index in [1.807, 2.05) is 6.92 Å². The lowest BCUT2D eigenvalue weighted by Crippen LogP contribution is -2.38. The monoisotopic (exact) mass is 299 g/mol. The largest absolute Gasteiger partial charge is 0.481 e. The Morgan fingerprint density at radius 3 is 2.40 bits per heavy atom. The van der Waals surface area contributed by atoms with Gasteiger partial charge in [0, 0.05) is 6.54 Å². The van der Waals surface area contributed by atoms with Gasteiger partial charge in [0.1, 0.15) is 0 Å². The van der Waals surface area contributed by atoms with Crippen LogP contribution in [-0.2, 0) is 14.8 Å². The molecule has 1 N–H and O–H groups in total.